The second-order valence-electron chi connectivity index (χ2n) is 5.94. The first kappa shape index (κ1) is 19.5. The highest BCUT2D eigenvalue weighted by Gasteiger charge is 2.26. The minimum atomic E-state index is -0.793. The maximum Gasteiger partial charge on any atom is 0.344 e. The van der Waals surface area contributed by atoms with Crippen LogP contribution in [0.5, 0.6) is 0 Å². The van der Waals surface area contributed by atoms with E-state index in [1.807, 2.05) is 0 Å². The molecule has 0 spiro atoms. The Morgan fingerprint density at radius 3 is 2.75 bits per heavy atom. The summed E-state index contributed by atoms with van der Waals surface area (Å²) in [6, 6.07) is 4.13. The van der Waals surface area contributed by atoms with Crippen molar-refractivity contribution in [2.75, 3.05) is 24.7 Å². The highest BCUT2D eigenvalue weighted by molar-refractivity contribution is 6.33. The molecule has 0 saturated heterocycles. The van der Waals surface area contributed by atoms with Crippen LogP contribution in [0.4, 0.5) is 16.3 Å². The fourth-order valence-electron chi connectivity index (χ4n) is 2.40. The van der Waals surface area contributed by atoms with E-state index in [4.69, 9.17) is 26.6 Å². The van der Waals surface area contributed by atoms with Crippen molar-refractivity contribution in [2.24, 2.45) is 0 Å². The van der Waals surface area contributed by atoms with Crippen LogP contribution in [0.3, 0.4) is 0 Å². The molecule has 1 aromatic carbocycles. The van der Waals surface area contributed by atoms with Crippen molar-refractivity contribution >= 4 is 29.5 Å². The number of nitrogens with two attached hydrogens (primary N) is 1. The molecule has 0 fully saturated rings. The zero-order chi connectivity index (χ0) is 20.4. The molecule has 0 saturated carbocycles. The minimum Gasteiger partial charge on any atom is -0.454 e. The predicted molar refractivity (Wildman–Crippen MR) is 99.3 cm³/mol. The lowest BCUT2D eigenvalue weighted by Crippen LogP contribution is -2.17. The summed E-state index contributed by atoms with van der Waals surface area (Å²) in [7, 11) is 3.46. The Morgan fingerprint density at radius 2 is 2.07 bits per heavy atom. The van der Waals surface area contributed by atoms with Crippen LogP contribution < -0.4 is 10.6 Å². The number of halogens is 2. The lowest BCUT2D eigenvalue weighted by atomic mass is 10.1. The number of carbonyl (C=O) groups is 1. The Bertz CT molecular complexity index is 1020. The van der Waals surface area contributed by atoms with E-state index in [2.05, 4.69) is 20.1 Å². The van der Waals surface area contributed by atoms with Crippen LogP contribution in [0.1, 0.15) is 21.9 Å². The van der Waals surface area contributed by atoms with Crippen LogP contribution >= 0.6 is 11.6 Å². The van der Waals surface area contributed by atoms with E-state index >= 15 is 0 Å². The second kappa shape index (κ2) is 7.77. The number of ether oxygens (including phenoxy) is 1. The van der Waals surface area contributed by atoms with E-state index in [9.17, 15) is 9.18 Å². The van der Waals surface area contributed by atoms with Crippen LogP contribution in [-0.4, -0.2) is 40.2 Å². The van der Waals surface area contributed by atoms with Gasteiger partial charge in [-0.05, 0) is 19.1 Å². The van der Waals surface area contributed by atoms with E-state index in [0.29, 0.717) is 5.95 Å². The topological polar surface area (TPSA) is 120 Å². The largest absolute Gasteiger partial charge is 0.454 e. The Morgan fingerprint density at radius 1 is 1.32 bits per heavy atom. The third kappa shape index (κ3) is 3.86. The number of anilines is 2. The van der Waals surface area contributed by atoms with Gasteiger partial charge < -0.3 is 19.9 Å². The van der Waals surface area contributed by atoms with Crippen LogP contribution in [0.15, 0.2) is 22.7 Å². The van der Waals surface area contributed by atoms with Crippen LogP contribution in [0.25, 0.3) is 11.3 Å². The number of nitrogens with zero attached hydrogens (tertiary/aromatic N) is 5. The highest BCUT2D eigenvalue weighted by Crippen LogP contribution is 2.33. The van der Waals surface area contributed by atoms with Gasteiger partial charge >= 0.3 is 5.97 Å². The molecule has 3 aromatic rings. The molecule has 146 valence electrons. The predicted octanol–water partition coefficient (Wildman–Crippen LogP) is 2.63. The molecule has 0 aliphatic carbocycles. The van der Waals surface area contributed by atoms with Crippen molar-refractivity contribution in [1.82, 2.24) is 20.1 Å². The summed E-state index contributed by atoms with van der Waals surface area (Å²) >= 11 is 6.07. The molecule has 2 heterocycles. The van der Waals surface area contributed by atoms with E-state index in [-0.39, 0.29) is 46.0 Å². The quantitative estimate of drug-likeness (QED) is 0.637. The summed E-state index contributed by atoms with van der Waals surface area (Å²) in [5.74, 6) is -0.815. The molecule has 28 heavy (non-hydrogen) atoms. The number of hydrogen-bond acceptors (Lipinski definition) is 9. The van der Waals surface area contributed by atoms with Crippen molar-refractivity contribution in [2.45, 2.75) is 13.5 Å². The van der Waals surface area contributed by atoms with Gasteiger partial charge in [-0.2, -0.15) is 15.0 Å². The van der Waals surface area contributed by atoms with E-state index < -0.39 is 11.8 Å². The molecule has 2 N–H and O–H groups in total. The summed E-state index contributed by atoms with van der Waals surface area (Å²) in [6.45, 7) is 1.23. The van der Waals surface area contributed by atoms with Crippen molar-refractivity contribution in [1.29, 1.82) is 0 Å². The number of esters is 1. The number of aromatic nitrogens is 4. The Labute approximate surface area is 164 Å². The van der Waals surface area contributed by atoms with Gasteiger partial charge in [0.05, 0.1) is 10.6 Å². The molecule has 0 aliphatic heterocycles. The molecule has 0 amide bonds. The summed E-state index contributed by atoms with van der Waals surface area (Å²) in [5, 5.41) is 3.85. The Hall–Kier alpha value is -3.27. The van der Waals surface area contributed by atoms with Crippen molar-refractivity contribution in [3.63, 3.8) is 0 Å². The molecule has 0 bridgehead atoms. The summed E-state index contributed by atoms with van der Waals surface area (Å²) in [5.41, 5.74) is 5.51. The lowest BCUT2D eigenvalue weighted by molar-refractivity contribution is 0.0461. The van der Waals surface area contributed by atoms with Gasteiger partial charge in [-0.1, -0.05) is 22.8 Å². The second-order valence-corrected chi connectivity index (χ2v) is 6.35. The number of aryl methyl sites for hydroxylation is 1. The number of carbonyl (C=O) groups excluding carboxylic acids is 1. The maximum absolute atomic E-state index is 14.2. The first-order valence-electron chi connectivity index (χ1n) is 8.03. The summed E-state index contributed by atoms with van der Waals surface area (Å²) < 4.78 is 24.6. The minimum absolute atomic E-state index is 0.00950. The molecular weight excluding hydrogens is 391 g/mol. The normalized spacial score (nSPS) is 10.8. The molecule has 11 heteroatoms. The third-order valence-corrected chi connectivity index (χ3v) is 4.00. The molecule has 0 atom stereocenters. The van der Waals surface area contributed by atoms with Gasteiger partial charge in [-0.25, -0.2) is 9.18 Å². The van der Waals surface area contributed by atoms with Gasteiger partial charge in [-0.3, -0.25) is 0 Å². The molecule has 0 radical (unpaired) electrons. The number of hydrogen-bond donors (Lipinski definition) is 1. The molecular formula is C17H16ClFN6O3. The lowest BCUT2D eigenvalue weighted by Gasteiger charge is -2.11. The van der Waals surface area contributed by atoms with Gasteiger partial charge in [0, 0.05) is 14.1 Å². The van der Waals surface area contributed by atoms with Gasteiger partial charge in [0.15, 0.2) is 12.4 Å². The standard InChI is InChI=1S/C17H16ClFN6O3/c1-8-12(14(24-28-8)13-9(18)5-4-6-10(13)19)15(26)27-7-11-21-16(20)23-17(22-11)25(2)3/h4-6H,7H2,1-3H3,(H2,20,21,22,23). The first-order valence-corrected chi connectivity index (χ1v) is 8.41. The SMILES string of the molecule is Cc1onc(-c2c(F)cccc2Cl)c1C(=O)OCc1nc(N)nc(N(C)C)n1. The van der Waals surface area contributed by atoms with Crippen molar-refractivity contribution < 1.29 is 18.4 Å². The van der Waals surface area contributed by atoms with Crippen LogP contribution in [0.2, 0.25) is 5.02 Å². The molecule has 0 aliphatic rings. The summed E-state index contributed by atoms with van der Waals surface area (Å²) in [6.07, 6.45) is 0. The maximum atomic E-state index is 14.2. The number of nitrogen functional groups attached to an aromatic ring is 1. The molecule has 3 rings (SSSR count). The third-order valence-electron chi connectivity index (χ3n) is 3.69. The van der Waals surface area contributed by atoms with Crippen LogP contribution in [0, 0.1) is 12.7 Å². The van der Waals surface area contributed by atoms with Crippen molar-refractivity contribution in [3.8, 4) is 11.3 Å². The summed E-state index contributed by atoms with van der Waals surface area (Å²) in [4.78, 5) is 26.3. The molecule has 0 unspecified atom stereocenters. The van der Waals surface area contributed by atoms with E-state index in [1.54, 1.807) is 19.0 Å². The van der Waals surface area contributed by atoms with Crippen molar-refractivity contribution in [3.05, 3.63) is 46.2 Å². The molecule has 2 aromatic heterocycles. The van der Waals surface area contributed by atoms with E-state index in [1.165, 1.54) is 25.1 Å². The monoisotopic (exact) mass is 406 g/mol. The smallest absolute Gasteiger partial charge is 0.344 e. The highest BCUT2D eigenvalue weighted by atomic mass is 35.5. The van der Waals surface area contributed by atoms with Gasteiger partial charge in [-0.15, -0.1) is 0 Å². The average molecular weight is 407 g/mol. The van der Waals surface area contributed by atoms with Gasteiger partial charge in [0.25, 0.3) is 0 Å². The first-order chi connectivity index (χ1) is 13.3. The fraction of sp³-hybridized carbons (Fsp3) is 0.235. The Kier molecular flexibility index (Phi) is 5.41. The van der Waals surface area contributed by atoms with Gasteiger partial charge in [0.1, 0.15) is 22.8 Å². The zero-order valence-corrected chi connectivity index (χ0v) is 16.0. The average Bonchev–Trinajstić information content (AvgIpc) is 3.00. The molecule has 9 nitrogen and oxygen atoms in total. The number of rotatable bonds is 5. The Balaban J connectivity index is 1.88. The zero-order valence-electron chi connectivity index (χ0n) is 15.2. The van der Waals surface area contributed by atoms with Gasteiger partial charge in [0.2, 0.25) is 11.9 Å². The fourth-order valence-corrected chi connectivity index (χ4v) is 2.65. The van der Waals surface area contributed by atoms with E-state index in [0.717, 1.165) is 0 Å². The number of benzene rings is 1. The van der Waals surface area contributed by atoms with Crippen LogP contribution in [-0.2, 0) is 11.3 Å².